The minimum absolute atomic E-state index is 0.554. The van der Waals surface area contributed by atoms with Crippen molar-refractivity contribution in [2.24, 2.45) is 0 Å². The van der Waals surface area contributed by atoms with Gasteiger partial charge in [-0.15, -0.1) is 0 Å². The summed E-state index contributed by atoms with van der Waals surface area (Å²) in [6, 6.07) is 0. The summed E-state index contributed by atoms with van der Waals surface area (Å²) in [7, 11) is 2.69. The van der Waals surface area contributed by atoms with Crippen LogP contribution in [0.1, 0.15) is 0 Å². The van der Waals surface area contributed by atoms with Gasteiger partial charge < -0.3 is 0 Å². The molecule has 0 aromatic rings. The topological polar surface area (TPSA) is 0 Å². The molecule has 0 aromatic heterocycles. The van der Waals surface area contributed by atoms with Crippen molar-refractivity contribution in [1.29, 1.82) is 0 Å². The third-order valence-electron chi connectivity index (χ3n) is 0.135. The van der Waals surface area contributed by atoms with E-state index in [-0.39, 0.29) is 0 Å². The molecule has 0 bridgehead atoms. The van der Waals surface area contributed by atoms with E-state index >= 15 is 0 Å². The Morgan fingerprint density at radius 3 is 2.00 bits per heavy atom. The van der Waals surface area contributed by atoms with Crippen LogP contribution in [-0.2, 0) is 29.4 Å². The van der Waals surface area contributed by atoms with Crippen LogP contribution in [0.3, 0.4) is 0 Å². The quantitative estimate of drug-likeness (QED) is 0.495. The molecule has 0 radical (unpaired) electrons. The van der Waals surface area contributed by atoms with Gasteiger partial charge in [-0.2, -0.15) is 0 Å². The predicted octanol–water partition coefficient (Wildman–Crippen LogP) is 1.19. The SMILES string of the molecule is CSS[SH](=S)=S. The summed E-state index contributed by atoms with van der Waals surface area (Å²) in [4.78, 5) is 0. The molecule has 0 unspecified atom stereocenters. The highest BCUT2D eigenvalue weighted by molar-refractivity contribution is 9.14. The zero-order chi connectivity index (χ0) is 4.99. The Kier molecular flexibility index (Phi) is 5.80. The van der Waals surface area contributed by atoms with Gasteiger partial charge in [-0.05, 0) is 45.5 Å². The van der Waals surface area contributed by atoms with Crippen LogP contribution >= 0.6 is 20.6 Å². The highest BCUT2D eigenvalue weighted by Gasteiger charge is 1.69. The molecule has 0 nitrogen and oxygen atoms in total. The fraction of sp³-hybridized carbons (Fsp3) is 1.00. The minimum atomic E-state index is -0.554. The smallest absolute Gasteiger partial charge is 0.00708 e. The molecule has 0 aliphatic carbocycles. The first-order valence-electron chi connectivity index (χ1n) is 1.12. The highest BCUT2D eigenvalue weighted by atomic mass is 33.7. The molecule has 5 heteroatoms. The van der Waals surface area contributed by atoms with Crippen molar-refractivity contribution in [3.63, 3.8) is 0 Å². The average Bonchev–Trinajstić information content (AvgIpc) is 1.35. The molecule has 38 valence electrons. The van der Waals surface area contributed by atoms with E-state index < -0.39 is 7.05 Å². The Labute approximate surface area is 56.1 Å². The normalized spacial score (nSPS) is 9.67. The van der Waals surface area contributed by atoms with Crippen molar-refractivity contribution < 1.29 is 0 Å². The molecule has 0 aliphatic heterocycles. The van der Waals surface area contributed by atoms with Crippen LogP contribution < -0.4 is 0 Å². The third kappa shape index (κ3) is 5.49. The van der Waals surface area contributed by atoms with Crippen LogP contribution in [0.2, 0.25) is 0 Å². The van der Waals surface area contributed by atoms with Crippen molar-refractivity contribution >= 4 is 50.0 Å². The summed E-state index contributed by atoms with van der Waals surface area (Å²) in [5.74, 6) is 0. The van der Waals surface area contributed by atoms with Crippen molar-refractivity contribution in [3.8, 4) is 0 Å². The summed E-state index contributed by atoms with van der Waals surface area (Å²) in [6.45, 7) is 0. The molecular formula is CH4S5. The maximum absolute atomic E-state index is 4.70. The Morgan fingerprint density at radius 2 is 2.00 bits per heavy atom. The predicted molar refractivity (Wildman–Crippen MR) is 44.6 cm³/mol. The summed E-state index contributed by atoms with van der Waals surface area (Å²) in [5.41, 5.74) is 0. The third-order valence-corrected chi connectivity index (χ3v) is 6.94. The maximum atomic E-state index is 4.70. The molecule has 6 heavy (non-hydrogen) atoms. The molecule has 0 saturated heterocycles. The van der Waals surface area contributed by atoms with Gasteiger partial charge in [0.25, 0.3) is 0 Å². The maximum Gasteiger partial charge on any atom is -0.00708 e. The summed E-state index contributed by atoms with van der Waals surface area (Å²) in [6.07, 6.45) is 1.98. The van der Waals surface area contributed by atoms with E-state index in [1.54, 1.807) is 20.6 Å². The number of thiol groups is 1. The average molecular weight is 176 g/mol. The molecule has 0 rings (SSSR count). The fourth-order valence-electron chi connectivity index (χ4n) is 0.0609. The van der Waals surface area contributed by atoms with Crippen LogP contribution in [0.15, 0.2) is 0 Å². The Morgan fingerprint density at radius 1 is 1.50 bits per heavy atom. The summed E-state index contributed by atoms with van der Waals surface area (Å²) in [5, 5.41) is 0. The lowest BCUT2D eigenvalue weighted by atomic mass is 12.0. The van der Waals surface area contributed by atoms with E-state index in [0.717, 1.165) is 0 Å². The molecule has 0 amide bonds. The van der Waals surface area contributed by atoms with Crippen molar-refractivity contribution in [2.75, 3.05) is 6.26 Å². The number of hydrogen-bond donors (Lipinski definition) is 1. The van der Waals surface area contributed by atoms with Gasteiger partial charge in [-0.25, -0.2) is 0 Å². The molecule has 0 aromatic carbocycles. The number of hydrogen-bond acceptors (Lipinski definition) is 4. The first kappa shape index (κ1) is 7.49. The Hall–Kier alpha value is 1.49. The van der Waals surface area contributed by atoms with Gasteiger partial charge in [-0.1, -0.05) is 10.8 Å². The monoisotopic (exact) mass is 176 g/mol. The molecule has 0 aliphatic rings. The van der Waals surface area contributed by atoms with E-state index in [1.165, 1.54) is 0 Å². The molecular weight excluding hydrogens is 172 g/mol. The minimum Gasteiger partial charge on any atom is -0.0857 e. The van der Waals surface area contributed by atoms with E-state index in [9.17, 15) is 0 Å². The molecule has 0 spiro atoms. The second kappa shape index (κ2) is 4.64. The second-order valence-corrected chi connectivity index (χ2v) is 9.55. The Balaban J connectivity index is 3.07. The summed E-state index contributed by atoms with van der Waals surface area (Å²) >= 11 is 9.40. The Bertz CT molecular complexity index is 71.9. The molecule has 0 saturated carbocycles. The van der Waals surface area contributed by atoms with Crippen LogP contribution in [0.5, 0.6) is 0 Å². The van der Waals surface area contributed by atoms with E-state index in [1.807, 2.05) is 6.26 Å². The molecule has 0 N–H and O–H groups in total. The largest absolute Gasteiger partial charge is 0.0857 e. The lowest BCUT2D eigenvalue weighted by Crippen LogP contribution is -1.45. The van der Waals surface area contributed by atoms with E-state index in [4.69, 9.17) is 22.4 Å². The molecule has 0 atom stereocenters. The van der Waals surface area contributed by atoms with Gasteiger partial charge in [0, 0.05) is 0 Å². The van der Waals surface area contributed by atoms with Crippen LogP contribution in [0, 0.1) is 0 Å². The lowest BCUT2D eigenvalue weighted by Gasteiger charge is -1.77. The zero-order valence-corrected chi connectivity index (χ0v) is 7.24. The number of rotatable bonds is 2. The van der Waals surface area contributed by atoms with Gasteiger partial charge in [-0.3, -0.25) is 0 Å². The van der Waals surface area contributed by atoms with E-state index in [2.05, 4.69) is 0 Å². The van der Waals surface area contributed by atoms with Crippen LogP contribution in [0.4, 0.5) is 0 Å². The first-order chi connectivity index (χ1) is 2.77. The zero-order valence-electron chi connectivity index (χ0n) is 3.08. The van der Waals surface area contributed by atoms with Crippen LogP contribution in [0.25, 0.3) is 0 Å². The molecule has 0 heterocycles. The fourth-order valence-corrected chi connectivity index (χ4v) is 4.93. The second-order valence-electron chi connectivity index (χ2n) is 0.465. The van der Waals surface area contributed by atoms with Crippen molar-refractivity contribution in [3.05, 3.63) is 0 Å². The highest BCUT2D eigenvalue weighted by Crippen LogP contribution is 2.16. The summed E-state index contributed by atoms with van der Waals surface area (Å²) < 4.78 is 0. The van der Waals surface area contributed by atoms with Gasteiger partial charge in [0.15, 0.2) is 0 Å². The van der Waals surface area contributed by atoms with E-state index in [0.29, 0.717) is 0 Å². The van der Waals surface area contributed by atoms with Crippen molar-refractivity contribution in [1.82, 2.24) is 0 Å². The molecule has 0 fully saturated rings. The van der Waals surface area contributed by atoms with Gasteiger partial charge in [0.05, 0.1) is 0 Å². The first-order valence-corrected chi connectivity index (χ1v) is 7.65. The standard InChI is InChI=1S/CH4S5/c1-4-5-6(2)3/h6H,1H3. The van der Waals surface area contributed by atoms with Gasteiger partial charge in [0.1, 0.15) is 0 Å². The van der Waals surface area contributed by atoms with Crippen molar-refractivity contribution in [2.45, 2.75) is 0 Å². The van der Waals surface area contributed by atoms with Gasteiger partial charge >= 0.3 is 0 Å². The van der Waals surface area contributed by atoms with Crippen LogP contribution in [-0.4, -0.2) is 6.26 Å². The lowest BCUT2D eigenvalue weighted by molar-refractivity contribution is 2.55. The van der Waals surface area contributed by atoms with Gasteiger partial charge in [0.2, 0.25) is 0 Å².